The maximum atomic E-state index is 12.4. The molecule has 0 fully saturated rings. The van der Waals surface area contributed by atoms with E-state index in [1.54, 1.807) is 38.3 Å². The molecule has 2 aromatic carbocycles. The highest BCUT2D eigenvalue weighted by atomic mass is 79.9. The van der Waals surface area contributed by atoms with Gasteiger partial charge in [-0.25, -0.2) is 9.59 Å². The molecule has 0 bridgehead atoms. The van der Waals surface area contributed by atoms with Crippen LogP contribution in [0.1, 0.15) is 44.9 Å². The van der Waals surface area contributed by atoms with Gasteiger partial charge >= 0.3 is 12.0 Å². The van der Waals surface area contributed by atoms with Crippen molar-refractivity contribution in [3.05, 3.63) is 57.2 Å². The van der Waals surface area contributed by atoms with Crippen LogP contribution in [0.25, 0.3) is 0 Å². The van der Waals surface area contributed by atoms with Gasteiger partial charge in [0, 0.05) is 15.7 Å². The van der Waals surface area contributed by atoms with Gasteiger partial charge in [0.05, 0.1) is 44.8 Å². The molecule has 222 valence electrons. The summed E-state index contributed by atoms with van der Waals surface area (Å²) in [5, 5.41) is 19.9. The average molecular weight is 636 g/mol. The summed E-state index contributed by atoms with van der Waals surface area (Å²) in [7, 11) is 2.83. The molecule has 0 aromatic heterocycles. The van der Waals surface area contributed by atoms with Crippen LogP contribution in [0.4, 0.5) is 4.79 Å². The molecule has 2 aromatic rings. The number of hydrogen-bond acceptors (Lipinski definition) is 10. The topological polar surface area (TPSA) is 149 Å². The van der Waals surface area contributed by atoms with Gasteiger partial charge in [-0.05, 0) is 57.5 Å². The third kappa shape index (κ3) is 8.27. The predicted octanol–water partition coefficient (Wildman–Crippen LogP) is 3.77. The van der Waals surface area contributed by atoms with E-state index in [4.69, 9.17) is 23.7 Å². The Kier molecular flexibility index (Phi) is 11.2. The van der Waals surface area contributed by atoms with E-state index in [0.29, 0.717) is 46.4 Å². The molecule has 1 aliphatic heterocycles. The third-order valence-electron chi connectivity index (χ3n) is 5.72. The number of benzene rings is 2. The minimum absolute atomic E-state index is 0.0896. The Morgan fingerprint density at radius 2 is 1.93 bits per heavy atom. The fourth-order valence-corrected chi connectivity index (χ4v) is 4.47. The van der Waals surface area contributed by atoms with Crippen LogP contribution in [0.5, 0.6) is 23.0 Å². The normalized spacial score (nSPS) is 15.7. The predicted molar refractivity (Wildman–Crippen MR) is 155 cm³/mol. The Balaban J connectivity index is 1.73. The summed E-state index contributed by atoms with van der Waals surface area (Å²) in [5.41, 5.74) is 4.51. The number of rotatable bonds is 13. The van der Waals surface area contributed by atoms with Gasteiger partial charge in [-0.3, -0.25) is 5.43 Å². The Morgan fingerprint density at radius 1 is 1.17 bits per heavy atom. The molecule has 0 spiro atoms. The molecule has 0 aliphatic carbocycles. The van der Waals surface area contributed by atoms with Crippen molar-refractivity contribution in [3.63, 3.8) is 0 Å². The second-order valence-electron chi connectivity index (χ2n) is 9.11. The maximum Gasteiger partial charge on any atom is 0.337 e. The first kappa shape index (κ1) is 31.6. The number of nitrogens with zero attached hydrogens (tertiary/aromatic N) is 1. The number of hydrazone groups is 1. The van der Waals surface area contributed by atoms with Gasteiger partial charge in [-0.15, -0.1) is 0 Å². The highest BCUT2D eigenvalue weighted by Crippen LogP contribution is 2.36. The Bertz CT molecular complexity index is 1310. The van der Waals surface area contributed by atoms with Crippen molar-refractivity contribution >= 4 is 34.1 Å². The smallest absolute Gasteiger partial charge is 0.337 e. The number of hydrogen-bond donors (Lipinski definition) is 4. The maximum absolute atomic E-state index is 12.4. The van der Waals surface area contributed by atoms with E-state index in [0.717, 1.165) is 4.47 Å². The fraction of sp³-hybridized carbons (Fsp3) is 0.393. The summed E-state index contributed by atoms with van der Waals surface area (Å²) in [6.07, 6.45) is 0.258. The van der Waals surface area contributed by atoms with Crippen LogP contribution in [-0.2, 0) is 9.53 Å². The monoisotopic (exact) mass is 634 g/mol. The second-order valence-corrected chi connectivity index (χ2v) is 10.0. The zero-order chi connectivity index (χ0) is 30.1. The van der Waals surface area contributed by atoms with E-state index in [-0.39, 0.29) is 18.3 Å². The molecule has 0 radical (unpaired) electrons. The minimum Gasteiger partial charge on any atom is -0.493 e. The molecule has 4 N–H and O–H groups in total. The molecule has 12 nitrogen and oxygen atoms in total. The Hall–Kier alpha value is -3.97. The molecule has 41 heavy (non-hydrogen) atoms. The third-order valence-corrected chi connectivity index (χ3v) is 6.18. The van der Waals surface area contributed by atoms with Gasteiger partial charge in [0.15, 0.2) is 29.2 Å². The second kappa shape index (κ2) is 14.6. The van der Waals surface area contributed by atoms with Gasteiger partial charge in [-0.1, -0.05) is 22.0 Å². The molecule has 3 rings (SSSR count). The van der Waals surface area contributed by atoms with Gasteiger partial charge in [-0.2, -0.15) is 5.10 Å². The molecular formula is C28H35BrN4O8. The first-order valence-electron chi connectivity index (χ1n) is 12.8. The van der Waals surface area contributed by atoms with Crippen LogP contribution in [0.3, 0.4) is 0 Å². The van der Waals surface area contributed by atoms with E-state index in [2.05, 4.69) is 37.1 Å². The number of halogens is 1. The molecule has 0 saturated heterocycles. The molecule has 1 aliphatic rings. The lowest BCUT2D eigenvalue weighted by atomic mass is 9.95. The van der Waals surface area contributed by atoms with Gasteiger partial charge in [0.1, 0.15) is 6.61 Å². The van der Waals surface area contributed by atoms with Crippen LogP contribution in [-0.4, -0.2) is 63.1 Å². The molecule has 0 saturated carbocycles. The van der Waals surface area contributed by atoms with Crippen LogP contribution in [0.15, 0.2) is 51.2 Å². The number of allylic oxidation sites excluding steroid dienone is 1. The number of nitrogens with one attached hydrogen (secondary N) is 3. The number of esters is 1. The highest BCUT2D eigenvalue weighted by molar-refractivity contribution is 9.10. The quantitative estimate of drug-likeness (QED) is 0.112. The number of ether oxygens (including phenoxy) is 5. The SMILES string of the molecule is CCOc1cc([C@H]2NC(=O)NC(C)=C2C(=O)OC)ccc1OC[C@H](O)N/N=C/c1cc(Br)cc(OC)c1OC(C)C. The van der Waals surface area contributed by atoms with Crippen molar-refractivity contribution < 1.29 is 38.4 Å². The number of amides is 2. The van der Waals surface area contributed by atoms with Gasteiger partial charge < -0.3 is 39.4 Å². The van der Waals surface area contributed by atoms with Crippen molar-refractivity contribution in [2.75, 3.05) is 27.4 Å². The lowest BCUT2D eigenvalue weighted by Crippen LogP contribution is -2.45. The number of carbonyl (C=O) groups excluding carboxylic acids is 2. The van der Waals surface area contributed by atoms with Crippen LogP contribution in [0, 0.1) is 0 Å². The fourth-order valence-electron chi connectivity index (χ4n) is 4.01. The molecule has 2 amide bonds. The standard InChI is InChI=1S/C28H35BrN4O8/c1-7-39-21-11-17(25-24(27(35)38-6)16(4)31-28(36)32-25)8-9-20(21)40-14-23(34)33-30-13-18-10-19(29)12-22(37-5)26(18)41-15(2)3/h8-13,15,23,25,33-34H,7,14H2,1-6H3,(H2,31,32,36)/b30-13+/t23-,25+/m0/s1. The van der Waals surface area contributed by atoms with Crippen molar-refractivity contribution in [1.29, 1.82) is 0 Å². The summed E-state index contributed by atoms with van der Waals surface area (Å²) in [4.78, 5) is 24.6. The van der Waals surface area contributed by atoms with Crippen LogP contribution >= 0.6 is 15.9 Å². The van der Waals surface area contributed by atoms with Crippen molar-refractivity contribution in [1.82, 2.24) is 16.1 Å². The van der Waals surface area contributed by atoms with Crippen LogP contribution in [0.2, 0.25) is 0 Å². The van der Waals surface area contributed by atoms with Crippen molar-refractivity contribution in [3.8, 4) is 23.0 Å². The summed E-state index contributed by atoms with van der Waals surface area (Å²) in [6, 6.07) is 7.40. The average Bonchev–Trinajstić information content (AvgIpc) is 2.92. The highest BCUT2D eigenvalue weighted by Gasteiger charge is 2.32. The number of carbonyl (C=O) groups is 2. The van der Waals surface area contributed by atoms with Gasteiger partial charge in [0.25, 0.3) is 0 Å². The zero-order valence-corrected chi connectivity index (χ0v) is 25.3. The number of urea groups is 1. The molecular weight excluding hydrogens is 600 g/mol. The zero-order valence-electron chi connectivity index (χ0n) is 23.7. The minimum atomic E-state index is -1.16. The Labute approximate surface area is 247 Å². The molecule has 1 heterocycles. The summed E-state index contributed by atoms with van der Waals surface area (Å²) in [6.45, 7) is 7.42. The molecule has 0 unspecified atom stereocenters. The first-order chi connectivity index (χ1) is 19.6. The van der Waals surface area contributed by atoms with E-state index in [1.807, 2.05) is 26.8 Å². The van der Waals surface area contributed by atoms with Crippen LogP contribution < -0.4 is 35.0 Å². The number of aliphatic hydroxyl groups excluding tert-OH is 1. The Morgan fingerprint density at radius 3 is 2.59 bits per heavy atom. The van der Waals surface area contributed by atoms with E-state index < -0.39 is 24.3 Å². The summed E-state index contributed by atoms with van der Waals surface area (Å²) >= 11 is 3.45. The van der Waals surface area contributed by atoms with Gasteiger partial charge in [0.2, 0.25) is 0 Å². The van der Waals surface area contributed by atoms with E-state index in [9.17, 15) is 14.7 Å². The summed E-state index contributed by atoms with van der Waals surface area (Å²) in [5.74, 6) is 1.21. The molecule has 2 atom stereocenters. The van der Waals surface area contributed by atoms with Crippen molar-refractivity contribution in [2.24, 2.45) is 5.10 Å². The number of aliphatic hydroxyl groups is 1. The summed E-state index contributed by atoms with van der Waals surface area (Å²) < 4.78 is 28.5. The lowest BCUT2D eigenvalue weighted by molar-refractivity contribution is -0.136. The lowest BCUT2D eigenvalue weighted by Gasteiger charge is -2.28. The van der Waals surface area contributed by atoms with E-state index in [1.165, 1.54) is 13.3 Å². The molecule has 13 heteroatoms. The largest absolute Gasteiger partial charge is 0.493 e. The number of methoxy groups -OCH3 is 2. The first-order valence-corrected chi connectivity index (χ1v) is 13.6. The van der Waals surface area contributed by atoms with Crippen molar-refractivity contribution in [2.45, 2.75) is 46.1 Å². The van der Waals surface area contributed by atoms with E-state index >= 15 is 0 Å².